The summed E-state index contributed by atoms with van der Waals surface area (Å²) >= 11 is 0. The fourth-order valence-electron chi connectivity index (χ4n) is 4.06. The fourth-order valence-corrected chi connectivity index (χ4v) is 4.06. The van der Waals surface area contributed by atoms with Crippen LogP contribution in [0.25, 0.3) is 0 Å². The van der Waals surface area contributed by atoms with Gasteiger partial charge < -0.3 is 24.8 Å². The van der Waals surface area contributed by atoms with E-state index in [0.29, 0.717) is 32.8 Å². The van der Waals surface area contributed by atoms with Crippen LogP contribution in [0.1, 0.15) is 18.4 Å². The van der Waals surface area contributed by atoms with E-state index in [-0.39, 0.29) is 18.0 Å². The van der Waals surface area contributed by atoms with Crippen LogP contribution in [0.2, 0.25) is 0 Å². The van der Waals surface area contributed by atoms with Crippen molar-refractivity contribution in [2.24, 2.45) is 0 Å². The van der Waals surface area contributed by atoms with Crippen LogP contribution in [-0.4, -0.2) is 67.7 Å². The van der Waals surface area contributed by atoms with Crippen LogP contribution in [-0.2, 0) is 16.1 Å². The minimum absolute atomic E-state index is 0.0627. The SMILES string of the molecule is CN(Cc1ccccc1)c1ccc(NC(=O)N2CCN(C(=O)C3CCCO3)CC2)cc1. The van der Waals surface area contributed by atoms with Gasteiger partial charge in [0.25, 0.3) is 5.91 Å². The molecule has 0 spiro atoms. The first-order chi connectivity index (χ1) is 15.1. The van der Waals surface area contributed by atoms with Crippen molar-refractivity contribution in [3.63, 3.8) is 0 Å². The van der Waals surface area contributed by atoms with Crippen LogP contribution in [0.3, 0.4) is 0 Å². The Balaban J connectivity index is 1.25. The van der Waals surface area contributed by atoms with Crippen molar-refractivity contribution in [3.05, 3.63) is 60.2 Å². The number of ether oxygens (including phenoxy) is 1. The summed E-state index contributed by atoms with van der Waals surface area (Å²) in [6, 6.07) is 18.1. The summed E-state index contributed by atoms with van der Waals surface area (Å²) in [4.78, 5) is 30.8. The predicted octanol–water partition coefficient (Wildman–Crippen LogP) is 3.18. The summed E-state index contributed by atoms with van der Waals surface area (Å²) < 4.78 is 5.49. The molecule has 0 aromatic heterocycles. The van der Waals surface area contributed by atoms with E-state index in [1.54, 1.807) is 4.90 Å². The van der Waals surface area contributed by atoms with Crippen LogP contribution < -0.4 is 10.2 Å². The third-order valence-corrected chi connectivity index (χ3v) is 5.91. The van der Waals surface area contributed by atoms with E-state index in [2.05, 4.69) is 29.4 Å². The Bertz CT molecular complexity index is 873. The third-order valence-electron chi connectivity index (χ3n) is 5.91. The lowest BCUT2D eigenvalue weighted by molar-refractivity contribution is -0.142. The number of amides is 3. The second-order valence-electron chi connectivity index (χ2n) is 8.13. The van der Waals surface area contributed by atoms with Gasteiger partial charge >= 0.3 is 6.03 Å². The maximum atomic E-state index is 12.6. The van der Waals surface area contributed by atoms with Crippen molar-refractivity contribution in [3.8, 4) is 0 Å². The molecular formula is C24H30N4O3. The number of anilines is 2. The van der Waals surface area contributed by atoms with Crippen LogP contribution in [0.15, 0.2) is 54.6 Å². The summed E-state index contributed by atoms with van der Waals surface area (Å²) in [6.45, 7) is 3.65. The summed E-state index contributed by atoms with van der Waals surface area (Å²) in [5.41, 5.74) is 3.10. The molecule has 1 N–H and O–H groups in total. The third kappa shape index (κ3) is 5.35. The number of nitrogens with zero attached hydrogens (tertiary/aromatic N) is 3. The Labute approximate surface area is 183 Å². The Morgan fingerprint density at radius 1 is 1.00 bits per heavy atom. The van der Waals surface area contributed by atoms with E-state index in [0.717, 1.165) is 30.8 Å². The number of hydrogen-bond donors (Lipinski definition) is 1. The van der Waals surface area contributed by atoms with Gasteiger partial charge in [0.05, 0.1) is 0 Å². The molecule has 2 aliphatic heterocycles. The first-order valence-corrected chi connectivity index (χ1v) is 10.9. The number of nitrogens with one attached hydrogen (secondary N) is 1. The number of carbonyl (C=O) groups is 2. The van der Waals surface area contributed by atoms with Gasteiger partial charge in [-0.05, 0) is 42.7 Å². The van der Waals surface area contributed by atoms with Gasteiger partial charge in [-0.25, -0.2) is 4.79 Å². The highest BCUT2D eigenvalue weighted by Gasteiger charge is 2.31. The summed E-state index contributed by atoms with van der Waals surface area (Å²) in [7, 11) is 2.05. The molecule has 2 fully saturated rings. The molecule has 4 rings (SSSR count). The smallest absolute Gasteiger partial charge is 0.321 e. The quantitative estimate of drug-likeness (QED) is 0.804. The normalized spacial score (nSPS) is 18.7. The van der Waals surface area contributed by atoms with Gasteiger partial charge in [-0.1, -0.05) is 30.3 Å². The van der Waals surface area contributed by atoms with Crippen LogP contribution in [0, 0.1) is 0 Å². The first kappa shape index (κ1) is 21.2. The van der Waals surface area contributed by atoms with Gasteiger partial charge in [0.2, 0.25) is 0 Å². The average molecular weight is 423 g/mol. The number of hydrogen-bond acceptors (Lipinski definition) is 4. The molecule has 7 nitrogen and oxygen atoms in total. The standard InChI is InChI=1S/C24H30N4O3/c1-26(18-19-6-3-2-4-7-19)21-11-9-20(10-12-21)25-24(30)28-15-13-27(14-16-28)23(29)22-8-5-17-31-22/h2-4,6-7,9-12,22H,5,8,13-18H2,1H3,(H,25,30). The van der Waals surface area contributed by atoms with Gasteiger partial charge in [-0.3, -0.25) is 4.79 Å². The molecule has 1 atom stereocenters. The zero-order valence-electron chi connectivity index (χ0n) is 18.0. The van der Waals surface area contributed by atoms with E-state index < -0.39 is 0 Å². The molecule has 7 heteroatoms. The second kappa shape index (κ2) is 9.83. The highest BCUT2D eigenvalue weighted by molar-refractivity contribution is 5.90. The highest BCUT2D eigenvalue weighted by Crippen LogP contribution is 2.20. The number of rotatable bonds is 5. The second-order valence-corrected chi connectivity index (χ2v) is 8.13. The van der Waals surface area contributed by atoms with Gasteiger partial charge in [0.15, 0.2) is 0 Å². The first-order valence-electron chi connectivity index (χ1n) is 10.9. The summed E-state index contributed by atoms with van der Waals surface area (Å²) in [6.07, 6.45) is 1.45. The lowest BCUT2D eigenvalue weighted by Gasteiger charge is -2.35. The molecular weight excluding hydrogens is 392 g/mol. The lowest BCUT2D eigenvalue weighted by atomic mass is 10.2. The Kier molecular flexibility index (Phi) is 6.72. The molecule has 2 aromatic rings. The maximum Gasteiger partial charge on any atom is 0.321 e. The molecule has 0 bridgehead atoms. The molecule has 0 saturated carbocycles. The Morgan fingerprint density at radius 3 is 2.32 bits per heavy atom. The summed E-state index contributed by atoms with van der Waals surface area (Å²) in [5.74, 6) is 0.0627. The zero-order valence-corrected chi connectivity index (χ0v) is 18.0. The molecule has 0 radical (unpaired) electrons. The molecule has 1 unspecified atom stereocenters. The van der Waals surface area contributed by atoms with Crippen molar-refractivity contribution < 1.29 is 14.3 Å². The van der Waals surface area contributed by atoms with Crippen LogP contribution in [0.5, 0.6) is 0 Å². The van der Waals surface area contributed by atoms with Crippen molar-refractivity contribution in [1.29, 1.82) is 0 Å². The monoisotopic (exact) mass is 422 g/mol. The molecule has 3 amide bonds. The van der Waals surface area contributed by atoms with Crippen molar-refractivity contribution >= 4 is 23.3 Å². The average Bonchev–Trinajstić information content (AvgIpc) is 3.35. The molecule has 2 heterocycles. The molecule has 0 aliphatic carbocycles. The highest BCUT2D eigenvalue weighted by atomic mass is 16.5. The lowest BCUT2D eigenvalue weighted by Crippen LogP contribution is -2.53. The minimum Gasteiger partial charge on any atom is -0.370 e. The largest absolute Gasteiger partial charge is 0.370 e. The van der Waals surface area contributed by atoms with E-state index in [9.17, 15) is 9.59 Å². The number of urea groups is 1. The van der Waals surface area contributed by atoms with Crippen molar-refractivity contribution in [2.75, 3.05) is 50.1 Å². The predicted molar refractivity (Wildman–Crippen MR) is 121 cm³/mol. The van der Waals surface area contributed by atoms with E-state index in [1.165, 1.54) is 5.56 Å². The van der Waals surface area contributed by atoms with Crippen LogP contribution in [0.4, 0.5) is 16.2 Å². The van der Waals surface area contributed by atoms with E-state index in [4.69, 9.17) is 4.74 Å². The van der Waals surface area contributed by atoms with Gasteiger partial charge in [0, 0.05) is 57.8 Å². The van der Waals surface area contributed by atoms with Gasteiger partial charge in [0.1, 0.15) is 6.10 Å². The molecule has 2 aliphatic rings. The van der Waals surface area contributed by atoms with E-state index in [1.807, 2.05) is 47.4 Å². The maximum absolute atomic E-state index is 12.6. The Hall–Kier alpha value is -3.06. The van der Waals surface area contributed by atoms with Crippen molar-refractivity contribution in [2.45, 2.75) is 25.5 Å². The van der Waals surface area contributed by atoms with Gasteiger partial charge in [-0.15, -0.1) is 0 Å². The fraction of sp³-hybridized carbons (Fsp3) is 0.417. The Morgan fingerprint density at radius 2 is 1.68 bits per heavy atom. The molecule has 31 heavy (non-hydrogen) atoms. The molecule has 2 aromatic carbocycles. The van der Waals surface area contributed by atoms with Gasteiger partial charge in [-0.2, -0.15) is 0 Å². The van der Waals surface area contributed by atoms with Crippen LogP contribution >= 0.6 is 0 Å². The number of piperazine rings is 1. The number of carbonyl (C=O) groups excluding carboxylic acids is 2. The zero-order chi connectivity index (χ0) is 21.6. The molecule has 2 saturated heterocycles. The van der Waals surface area contributed by atoms with E-state index >= 15 is 0 Å². The topological polar surface area (TPSA) is 65.1 Å². The van der Waals surface area contributed by atoms with Crippen molar-refractivity contribution in [1.82, 2.24) is 9.80 Å². The molecule has 164 valence electrons. The number of benzene rings is 2. The minimum atomic E-state index is -0.293. The summed E-state index contributed by atoms with van der Waals surface area (Å²) in [5, 5.41) is 2.97.